The van der Waals surface area contributed by atoms with Crippen LogP contribution in [0.25, 0.3) is 10.9 Å². The van der Waals surface area contributed by atoms with Crippen molar-refractivity contribution in [3.05, 3.63) is 64.3 Å². The molecule has 0 saturated heterocycles. The molecule has 0 unspecified atom stereocenters. The molecule has 0 aliphatic heterocycles. The van der Waals surface area contributed by atoms with Crippen molar-refractivity contribution in [1.82, 2.24) is 29.8 Å². The summed E-state index contributed by atoms with van der Waals surface area (Å²) in [6.45, 7) is 3.92. The van der Waals surface area contributed by atoms with E-state index < -0.39 is 5.60 Å². The number of nitrogens with one attached hydrogen (secondary N) is 2. The topological polar surface area (TPSA) is 114 Å². The van der Waals surface area contributed by atoms with Crippen LogP contribution in [0.1, 0.15) is 63.3 Å². The molecule has 0 atom stereocenters. The summed E-state index contributed by atoms with van der Waals surface area (Å²) in [5, 5.41) is 27.0. The van der Waals surface area contributed by atoms with Crippen LogP contribution >= 0.6 is 0 Å². The van der Waals surface area contributed by atoms with Crippen molar-refractivity contribution in [2.75, 3.05) is 5.32 Å². The third-order valence-electron chi connectivity index (χ3n) is 6.28. The number of hydrogen-bond donors (Lipinski definition) is 3. The van der Waals surface area contributed by atoms with Crippen molar-refractivity contribution in [2.45, 2.75) is 64.1 Å². The highest BCUT2D eigenvalue weighted by molar-refractivity contribution is 5.91. The zero-order valence-corrected chi connectivity index (χ0v) is 19.0. The fourth-order valence-electron chi connectivity index (χ4n) is 4.46. The van der Waals surface area contributed by atoms with Gasteiger partial charge in [0, 0.05) is 11.9 Å². The van der Waals surface area contributed by atoms with E-state index in [9.17, 15) is 9.90 Å². The van der Waals surface area contributed by atoms with Crippen LogP contribution in [0.3, 0.4) is 0 Å². The molecule has 3 N–H and O–H groups in total. The Morgan fingerprint density at radius 3 is 2.61 bits per heavy atom. The van der Waals surface area contributed by atoms with Gasteiger partial charge in [0.25, 0.3) is 5.56 Å². The van der Waals surface area contributed by atoms with Crippen molar-refractivity contribution in [3.63, 3.8) is 0 Å². The predicted octanol–water partition coefficient (Wildman–Crippen LogP) is 3.84. The van der Waals surface area contributed by atoms with Gasteiger partial charge in [0.2, 0.25) is 0 Å². The van der Waals surface area contributed by atoms with Gasteiger partial charge in [-0.05, 0) is 50.5 Å². The first-order valence-electron chi connectivity index (χ1n) is 11.5. The van der Waals surface area contributed by atoms with Crippen LogP contribution in [0.2, 0.25) is 0 Å². The Hall–Kier alpha value is -3.46. The molecule has 4 aromatic rings. The molecule has 9 nitrogen and oxygen atoms in total. The molecule has 172 valence electrons. The molecule has 9 heteroatoms. The molecule has 0 amide bonds. The molecule has 1 saturated carbocycles. The third kappa shape index (κ3) is 4.41. The minimum Gasteiger partial charge on any atom is -0.384 e. The van der Waals surface area contributed by atoms with Crippen LogP contribution in [-0.2, 0) is 12.1 Å². The number of fused-ring (bicyclic) bond motifs is 1. The summed E-state index contributed by atoms with van der Waals surface area (Å²) in [6.07, 6.45) is 9.29. The maximum atomic E-state index is 12.6. The maximum absolute atomic E-state index is 12.6. The largest absolute Gasteiger partial charge is 0.384 e. The van der Waals surface area contributed by atoms with E-state index in [-0.39, 0.29) is 5.56 Å². The molecule has 0 spiro atoms. The molecular weight excluding hydrogens is 418 g/mol. The second kappa shape index (κ2) is 8.47. The van der Waals surface area contributed by atoms with Gasteiger partial charge >= 0.3 is 0 Å². The average molecular weight is 448 g/mol. The lowest BCUT2D eigenvalue weighted by atomic mass is 9.95. The SMILES string of the molecule is CC(C)(O)c1cn(Cc2ccc(Nc3nn(C4CCCCC4)c4cc[nH]c(=O)c34)cc2)nn1. The van der Waals surface area contributed by atoms with E-state index in [2.05, 4.69) is 20.6 Å². The molecule has 0 radical (unpaired) electrons. The van der Waals surface area contributed by atoms with Crippen LogP contribution in [0, 0.1) is 0 Å². The monoisotopic (exact) mass is 447 g/mol. The standard InChI is InChI=1S/C24H29N7O2/c1-24(2,33)20-15-30(29-27-20)14-16-8-10-17(11-9-16)26-22-21-19(12-13-25-23(21)32)31(28-22)18-6-4-3-5-7-18/h8-13,15,18,33H,3-7,14H2,1-2H3,(H,25,32)(H,26,28). The Labute approximate surface area is 191 Å². The summed E-state index contributed by atoms with van der Waals surface area (Å²) in [5.74, 6) is 0.580. The molecule has 1 aliphatic rings. The minimum absolute atomic E-state index is 0.137. The van der Waals surface area contributed by atoms with Gasteiger partial charge in [0.05, 0.1) is 24.3 Å². The van der Waals surface area contributed by atoms with Crippen molar-refractivity contribution < 1.29 is 5.11 Å². The normalized spacial score (nSPS) is 15.2. The van der Waals surface area contributed by atoms with Crippen molar-refractivity contribution in [1.29, 1.82) is 0 Å². The Morgan fingerprint density at radius 1 is 1.15 bits per heavy atom. The van der Waals surface area contributed by atoms with Crippen LogP contribution < -0.4 is 10.9 Å². The third-order valence-corrected chi connectivity index (χ3v) is 6.28. The molecule has 1 fully saturated rings. The highest BCUT2D eigenvalue weighted by Gasteiger charge is 2.22. The van der Waals surface area contributed by atoms with Gasteiger partial charge in [-0.15, -0.1) is 5.10 Å². The number of anilines is 2. The summed E-state index contributed by atoms with van der Waals surface area (Å²) in [5.41, 5.74) is 2.15. The number of nitrogens with zero attached hydrogens (tertiary/aromatic N) is 5. The summed E-state index contributed by atoms with van der Waals surface area (Å²) < 4.78 is 3.74. The fraction of sp³-hybridized carbons (Fsp3) is 0.417. The van der Waals surface area contributed by atoms with E-state index in [1.54, 1.807) is 30.9 Å². The Kier molecular flexibility index (Phi) is 5.49. The highest BCUT2D eigenvalue weighted by atomic mass is 16.3. The van der Waals surface area contributed by atoms with E-state index in [1.165, 1.54) is 19.3 Å². The van der Waals surface area contributed by atoms with Crippen molar-refractivity contribution in [2.24, 2.45) is 0 Å². The number of aromatic nitrogens is 6. The van der Waals surface area contributed by atoms with Crippen LogP contribution in [0.5, 0.6) is 0 Å². The first-order chi connectivity index (χ1) is 15.9. The van der Waals surface area contributed by atoms with Gasteiger partial charge in [0.1, 0.15) is 16.7 Å². The van der Waals surface area contributed by atoms with Gasteiger partial charge in [-0.1, -0.05) is 36.6 Å². The highest BCUT2D eigenvalue weighted by Crippen LogP contribution is 2.32. The number of aliphatic hydroxyl groups is 1. The summed E-state index contributed by atoms with van der Waals surface area (Å²) in [6, 6.07) is 10.2. The second-order valence-corrected chi connectivity index (χ2v) is 9.33. The molecular formula is C24H29N7O2. The summed E-state index contributed by atoms with van der Waals surface area (Å²) in [4.78, 5) is 15.4. The maximum Gasteiger partial charge on any atom is 0.261 e. The number of hydrogen-bond acceptors (Lipinski definition) is 6. The van der Waals surface area contributed by atoms with E-state index in [1.807, 2.05) is 35.0 Å². The number of benzene rings is 1. The van der Waals surface area contributed by atoms with E-state index >= 15 is 0 Å². The Bertz CT molecular complexity index is 1310. The lowest BCUT2D eigenvalue weighted by Gasteiger charge is -2.22. The Morgan fingerprint density at radius 2 is 1.91 bits per heavy atom. The van der Waals surface area contributed by atoms with Crippen molar-refractivity contribution >= 4 is 22.4 Å². The number of aromatic amines is 1. The lowest BCUT2D eigenvalue weighted by molar-refractivity contribution is 0.0737. The zero-order chi connectivity index (χ0) is 23.0. The molecule has 3 aromatic heterocycles. The summed E-state index contributed by atoms with van der Waals surface area (Å²) >= 11 is 0. The molecule has 1 aromatic carbocycles. The van der Waals surface area contributed by atoms with Gasteiger partial charge in [-0.3, -0.25) is 9.48 Å². The molecule has 3 heterocycles. The molecule has 0 bridgehead atoms. The van der Waals surface area contributed by atoms with Gasteiger partial charge in [-0.25, -0.2) is 4.68 Å². The second-order valence-electron chi connectivity index (χ2n) is 9.33. The Balaban J connectivity index is 1.37. The van der Waals surface area contributed by atoms with Gasteiger partial charge < -0.3 is 15.4 Å². The van der Waals surface area contributed by atoms with Gasteiger partial charge in [0.15, 0.2) is 5.82 Å². The number of H-pyrrole nitrogens is 1. The predicted molar refractivity (Wildman–Crippen MR) is 127 cm³/mol. The van der Waals surface area contributed by atoms with Crippen LogP contribution in [-0.4, -0.2) is 34.9 Å². The average Bonchev–Trinajstić information content (AvgIpc) is 3.42. The zero-order valence-electron chi connectivity index (χ0n) is 19.0. The van der Waals surface area contributed by atoms with E-state index in [0.29, 0.717) is 29.5 Å². The fourth-order valence-corrected chi connectivity index (χ4v) is 4.46. The first kappa shape index (κ1) is 21.4. The summed E-state index contributed by atoms with van der Waals surface area (Å²) in [7, 11) is 0. The van der Waals surface area contributed by atoms with E-state index in [4.69, 9.17) is 5.10 Å². The first-order valence-corrected chi connectivity index (χ1v) is 11.5. The van der Waals surface area contributed by atoms with Crippen molar-refractivity contribution in [3.8, 4) is 0 Å². The van der Waals surface area contributed by atoms with Crippen LogP contribution in [0.4, 0.5) is 11.5 Å². The number of pyridine rings is 1. The molecule has 33 heavy (non-hydrogen) atoms. The number of rotatable bonds is 6. The quantitative estimate of drug-likeness (QED) is 0.414. The van der Waals surface area contributed by atoms with Gasteiger partial charge in [-0.2, -0.15) is 5.10 Å². The van der Waals surface area contributed by atoms with Crippen LogP contribution in [0.15, 0.2) is 47.5 Å². The smallest absolute Gasteiger partial charge is 0.261 e. The molecule has 1 aliphatic carbocycles. The lowest BCUT2D eigenvalue weighted by Crippen LogP contribution is -2.15. The molecule has 5 rings (SSSR count). The minimum atomic E-state index is -1.02. The van der Waals surface area contributed by atoms with E-state index in [0.717, 1.165) is 29.6 Å².